The number of ether oxygens (including phenoxy) is 3. The number of Topliss-reactive ketones (excluding diaryl/α,β-unsaturated/α-hetero) is 1. The van der Waals surface area contributed by atoms with Crippen LogP contribution in [0.15, 0.2) is 42.6 Å². The number of para-hydroxylation sites is 1. The molecule has 0 N–H and O–H groups in total. The van der Waals surface area contributed by atoms with Gasteiger partial charge in [-0.15, -0.1) is 10.2 Å². The summed E-state index contributed by atoms with van der Waals surface area (Å²) in [4.78, 5) is 24.0. The number of rotatable bonds is 9. The van der Waals surface area contributed by atoms with E-state index in [1.54, 1.807) is 43.3 Å². The number of benzene rings is 1. The van der Waals surface area contributed by atoms with Crippen LogP contribution < -0.4 is 9.47 Å². The summed E-state index contributed by atoms with van der Waals surface area (Å²) in [6, 6.07) is 10.3. The second kappa shape index (κ2) is 9.64. The first-order valence-electron chi connectivity index (χ1n) is 9.42. The Bertz CT molecular complexity index is 1030. The molecule has 9 nitrogen and oxygen atoms in total. The van der Waals surface area contributed by atoms with Crippen LogP contribution in [0, 0.1) is 6.92 Å². The number of esters is 1. The van der Waals surface area contributed by atoms with E-state index in [-0.39, 0.29) is 19.0 Å². The Balaban J connectivity index is 1.58. The molecule has 0 atom stereocenters. The molecular weight excluding hydrogens is 388 g/mol. The van der Waals surface area contributed by atoms with Crippen LogP contribution in [-0.2, 0) is 4.74 Å². The van der Waals surface area contributed by atoms with Crippen molar-refractivity contribution in [2.24, 2.45) is 0 Å². The van der Waals surface area contributed by atoms with E-state index in [9.17, 15) is 9.59 Å². The lowest BCUT2D eigenvalue weighted by atomic mass is 10.1. The van der Waals surface area contributed by atoms with Crippen molar-refractivity contribution in [2.45, 2.75) is 20.8 Å². The number of ketones is 1. The largest absolute Gasteiger partial charge is 0.489 e. The van der Waals surface area contributed by atoms with E-state index in [1.165, 1.54) is 17.8 Å². The molecule has 0 aliphatic heterocycles. The number of hydrogen-bond acceptors (Lipinski definition) is 8. The van der Waals surface area contributed by atoms with Crippen molar-refractivity contribution in [3.05, 3.63) is 59.4 Å². The summed E-state index contributed by atoms with van der Waals surface area (Å²) >= 11 is 0. The molecule has 0 bridgehead atoms. The van der Waals surface area contributed by atoms with Crippen molar-refractivity contribution in [3.8, 4) is 17.4 Å². The molecule has 0 amide bonds. The van der Waals surface area contributed by atoms with Crippen molar-refractivity contribution < 1.29 is 23.8 Å². The Morgan fingerprint density at radius 1 is 1.00 bits per heavy atom. The van der Waals surface area contributed by atoms with Gasteiger partial charge in [0.25, 0.3) is 0 Å². The maximum atomic E-state index is 12.4. The van der Waals surface area contributed by atoms with Crippen molar-refractivity contribution in [2.75, 3.05) is 19.8 Å². The highest BCUT2D eigenvalue weighted by atomic mass is 16.6. The molecular formula is C21H22N4O5. The van der Waals surface area contributed by atoms with E-state index in [0.717, 1.165) is 0 Å². The minimum atomic E-state index is -0.527. The molecule has 3 aromatic rings. The van der Waals surface area contributed by atoms with E-state index in [1.807, 2.05) is 6.92 Å². The molecule has 156 valence electrons. The van der Waals surface area contributed by atoms with E-state index in [0.29, 0.717) is 40.9 Å². The van der Waals surface area contributed by atoms with Gasteiger partial charge in [-0.25, -0.2) is 9.48 Å². The molecule has 0 fully saturated rings. The first-order chi connectivity index (χ1) is 14.5. The molecule has 0 aliphatic carbocycles. The van der Waals surface area contributed by atoms with Crippen molar-refractivity contribution >= 4 is 11.8 Å². The summed E-state index contributed by atoms with van der Waals surface area (Å²) in [6.07, 6.45) is 1.42. The second-order valence-corrected chi connectivity index (χ2v) is 6.25. The Labute approximate surface area is 173 Å². The smallest absolute Gasteiger partial charge is 0.341 e. The van der Waals surface area contributed by atoms with Crippen LogP contribution in [0.1, 0.15) is 40.3 Å². The average molecular weight is 410 g/mol. The molecule has 2 heterocycles. The topological polar surface area (TPSA) is 105 Å². The van der Waals surface area contributed by atoms with E-state index < -0.39 is 5.97 Å². The fourth-order valence-electron chi connectivity index (χ4n) is 2.74. The van der Waals surface area contributed by atoms with Crippen molar-refractivity contribution in [1.82, 2.24) is 20.0 Å². The van der Waals surface area contributed by atoms with Crippen molar-refractivity contribution in [1.29, 1.82) is 0 Å². The summed E-state index contributed by atoms with van der Waals surface area (Å²) < 4.78 is 17.6. The normalized spacial score (nSPS) is 10.5. The minimum Gasteiger partial charge on any atom is -0.489 e. The highest BCUT2D eigenvalue weighted by molar-refractivity contribution is 5.96. The van der Waals surface area contributed by atoms with Gasteiger partial charge in [-0.05, 0) is 39.0 Å². The van der Waals surface area contributed by atoms with Crippen LogP contribution in [0.3, 0.4) is 0 Å². The molecule has 9 heteroatoms. The monoisotopic (exact) mass is 410 g/mol. The number of hydrogen-bond donors (Lipinski definition) is 0. The van der Waals surface area contributed by atoms with Gasteiger partial charge in [-0.1, -0.05) is 12.1 Å². The highest BCUT2D eigenvalue weighted by Gasteiger charge is 2.17. The summed E-state index contributed by atoms with van der Waals surface area (Å²) in [5.41, 5.74) is 1.37. The lowest BCUT2D eigenvalue weighted by molar-refractivity contribution is 0.0448. The summed E-state index contributed by atoms with van der Waals surface area (Å²) in [6.45, 7) is 5.71. The molecule has 0 saturated carbocycles. The van der Waals surface area contributed by atoms with Crippen molar-refractivity contribution in [3.63, 3.8) is 0 Å². The van der Waals surface area contributed by atoms with Gasteiger partial charge >= 0.3 is 5.97 Å². The van der Waals surface area contributed by atoms with Crippen LogP contribution >= 0.6 is 0 Å². The maximum Gasteiger partial charge on any atom is 0.341 e. The summed E-state index contributed by atoms with van der Waals surface area (Å²) in [7, 11) is 0. The van der Waals surface area contributed by atoms with Gasteiger partial charge in [0, 0.05) is 6.07 Å². The highest BCUT2D eigenvalue weighted by Crippen LogP contribution is 2.18. The molecule has 1 aromatic carbocycles. The molecule has 0 saturated heterocycles. The van der Waals surface area contributed by atoms with Gasteiger partial charge in [0.15, 0.2) is 11.6 Å². The quantitative estimate of drug-likeness (QED) is 0.301. The van der Waals surface area contributed by atoms with Gasteiger partial charge in [-0.2, -0.15) is 5.10 Å². The molecule has 30 heavy (non-hydrogen) atoms. The van der Waals surface area contributed by atoms with Crippen LogP contribution in [0.4, 0.5) is 0 Å². The minimum absolute atomic E-state index is 0.0263. The molecule has 0 unspecified atom stereocenters. The number of aromatic nitrogens is 4. The SMILES string of the molecule is CCOc1ccc(-n2ncc(C(=O)OCCOc3ccccc3C(C)=O)c2C)nn1. The summed E-state index contributed by atoms with van der Waals surface area (Å²) in [5, 5.41) is 12.2. The summed E-state index contributed by atoms with van der Waals surface area (Å²) in [5.74, 6) is 0.708. The van der Waals surface area contributed by atoms with Crippen LogP contribution in [-0.4, -0.2) is 51.6 Å². The maximum absolute atomic E-state index is 12.4. The third-order valence-electron chi connectivity index (χ3n) is 4.21. The Kier molecular flexibility index (Phi) is 6.74. The van der Waals surface area contributed by atoms with Gasteiger partial charge < -0.3 is 14.2 Å². The van der Waals surface area contributed by atoms with Crippen LogP contribution in [0.5, 0.6) is 11.6 Å². The van der Waals surface area contributed by atoms with Gasteiger partial charge in [0.2, 0.25) is 5.88 Å². The van der Waals surface area contributed by atoms with E-state index in [2.05, 4.69) is 15.3 Å². The Morgan fingerprint density at radius 2 is 1.80 bits per heavy atom. The standard InChI is InChI=1S/C21H22N4O5/c1-4-28-20-10-9-19(23-24-20)25-14(2)17(13-22-25)21(27)30-12-11-29-18-8-6-5-7-16(18)15(3)26/h5-10,13H,4,11-12H2,1-3H3. The molecule has 3 rings (SSSR count). The zero-order valence-electron chi connectivity index (χ0n) is 17.0. The first-order valence-corrected chi connectivity index (χ1v) is 9.42. The van der Waals surface area contributed by atoms with Gasteiger partial charge in [0.05, 0.1) is 24.1 Å². The van der Waals surface area contributed by atoms with Gasteiger partial charge in [-0.3, -0.25) is 4.79 Å². The molecule has 0 aliphatic rings. The zero-order chi connectivity index (χ0) is 21.5. The lowest BCUT2D eigenvalue weighted by Crippen LogP contribution is -2.14. The second-order valence-electron chi connectivity index (χ2n) is 6.25. The zero-order valence-corrected chi connectivity index (χ0v) is 17.0. The third kappa shape index (κ3) is 4.80. The lowest BCUT2D eigenvalue weighted by Gasteiger charge is -2.10. The number of carbonyl (C=O) groups excluding carboxylic acids is 2. The molecule has 0 spiro atoms. The molecule has 2 aromatic heterocycles. The van der Waals surface area contributed by atoms with Crippen LogP contribution in [0.25, 0.3) is 5.82 Å². The third-order valence-corrected chi connectivity index (χ3v) is 4.21. The predicted molar refractivity (Wildman–Crippen MR) is 107 cm³/mol. The van der Waals surface area contributed by atoms with E-state index in [4.69, 9.17) is 14.2 Å². The molecule has 0 radical (unpaired) electrons. The predicted octanol–water partition coefficient (Wildman–Crippen LogP) is 2.81. The Hall–Kier alpha value is -3.75. The first kappa shape index (κ1) is 21.0. The number of carbonyl (C=O) groups is 2. The van der Waals surface area contributed by atoms with Gasteiger partial charge in [0.1, 0.15) is 24.5 Å². The average Bonchev–Trinajstić information content (AvgIpc) is 3.13. The van der Waals surface area contributed by atoms with E-state index >= 15 is 0 Å². The fourth-order valence-corrected chi connectivity index (χ4v) is 2.74. The fraction of sp³-hybridized carbons (Fsp3) is 0.286. The number of nitrogens with zero attached hydrogens (tertiary/aromatic N) is 4. The Morgan fingerprint density at radius 3 is 2.50 bits per heavy atom. The van der Waals surface area contributed by atoms with Crippen LogP contribution in [0.2, 0.25) is 0 Å².